The maximum absolute atomic E-state index is 11.7. The Morgan fingerprint density at radius 2 is 2.11 bits per heavy atom. The van der Waals surface area contributed by atoms with Crippen molar-refractivity contribution in [2.75, 3.05) is 6.54 Å². The molecule has 0 saturated heterocycles. The topological polar surface area (TPSA) is 66.4 Å². The van der Waals surface area contributed by atoms with Crippen molar-refractivity contribution >= 4 is 11.9 Å². The fourth-order valence-corrected chi connectivity index (χ4v) is 2.02. The van der Waals surface area contributed by atoms with Gasteiger partial charge >= 0.3 is 5.97 Å². The first-order valence-corrected chi connectivity index (χ1v) is 6.24. The Morgan fingerprint density at radius 1 is 1.33 bits per heavy atom. The summed E-state index contributed by atoms with van der Waals surface area (Å²) in [5.74, 6) is -0.365. The molecular formula is C14H17NO3. The number of carbonyl (C=O) groups excluding carboxylic acids is 1. The van der Waals surface area contributed by atoms with Gasteiger partial charge in [0.1, 0.15) is 0 Å². The molecule has 0 aliphatic heterocycles. The molecule has 4 heteroatoms. The fraction of sp³-hybridized carbons (Fsp3) is 0.429. The van der Waals surface area contributed by atoms with E-state index in [-0.39, 0.29) is 17.9 Å². The molecule has 0 spiro atoms. The van der Waals surface area contributed by atoms with Crippen LogP contribution in [0.1, 0.15) is 35.2 Å². The molecule has 2 N–H and O–H groups in total. The summed E-state index contributed by atoms with van der Waals surface area (Å²) >= 11 is 0. The number of amides is 1. The van der Waals surface area contributed by atoms with Crippen molar-refractivity contribution in [3.8, 4) is 0 Å². The molecule has 0 radical (unpaired) electrons. The number of hydrogen-bond donors (Lipinski definition) is 2. The predicted octanol–water partition coefficient (Wildman–Crippen LogP) is 1.84. The zero-order chi connectivity index (χ0) is 13.0. The van der Waals surface area contributed by atoms with Crippen LogP contribution in [0.15, 0.2) is 24.3 Å². The van der Waals surface area contributed by atoms with E-state index in [4.69, 9.17) is 5.11 Å². The first-order chi connectivity index (χ1) is 8.65. The summed E-state index contributed by atoms with van der Waals surface area (Å²) in [4.78, 5) is 22.5. The molecule has 1 aromatic carbocycles. The lowest BCUT2D eigenvalue weighted by Gasteiger charge is -2.25. The smallest absolute Gasteiger partial charge is 0.335 e. The summed E-state index contributed by atoms with van der Waals surface area (Å²) < 4.78 is 0. The van der Waals surface area contributed by atoms with Gasteiger partial charge in [-0.2, -0.15) is 0 Å². The lowest BCUT2D eigenvalue weighted by atomic mass is 9.85. The molecule has 2 rings (SSSR count). The largest absolute Gasteiger partial charge is 0.478 e. The number of rotatable bonds is 5. The third kappa shape index (κ3) is 3.32. The van der Waals surface area contributed by atoms with Crippen molar-refractivity contribution < 1.29 is 14.7 Å². The molecule has 1 aromatic rings. The summed E-state index contributed by atoms with van der Waals surface area (Å²) in [5, 5.41) is 11.8. The Labute approximate surface area is 106 Å². The van der Waals surface area contributed by atoms with Gasteiger partial charge in [0.2, 0.25) is 5.91 Å². The molecule has 1 saturated carbocycles. The standard InChI is InChI=1S/C14H17NO3/c16-13(15-9-10-3-1-4-10)8-11-5-2-6-12(7-11)14(17)18/h2,5-7,10H,1,3-4,8-9H2,(H,15,16)(H,17,18). The van der Waals surface area contributed by atoms with E-state index in [9.17, 15) is 9.59 Å². The monoisotopic (exact) mass is 247 g/mol. The van der Waals surface area contributed by atoms with Crippen molar-refractivity contribution in [2.45, 2.75) is 25.7 Å². The van der Waals surface area contributed by atoms with E-state index in [1.165, 1.54) is 25.3 Å². The van der Waals surface area contributed by atoms with Crippen LogP contribution in [0.2, 0.25) is 0 Å². The average molecular weight is 247 g/mol. The summed E-state index contributed by atoms with van der Waals surface area (Å²) in [6.07, 6.45) is 3.92. The van der Waals surface area contributed by atoms with Crippen molar-refractivity contribution in [3.05, 3.63) is 35.4 Å². The lowest BCUT2D eigenvalue weighted by molar-refractivity contribution is -0.120. The second-order valence-electron chi connectivity index (χ2n) is 4.78. The molecule has 4 nitrogen and oxygen atoms in total. The minimum absolute atomic E-state index is 0.0376. The highest BCUT2D eigenvalue weighted by Gasteiger charge is 2.17. The van der Waals surface area contributed by atoms with Gasteiger partial charge in [0, 0.05) is 6.54 Å². The fourth-order valence-electron chi connectivity index (χ4n) is 2.02. The third-order valence-electron chi connectivity index (χ3n) is 3.35. The first kappa shape index (κ1) is 12.6. The molecule has 0 atom stereocenters. The maximum Gasteiger partial charge on any atom is 0.335 e. The summed E-state index contributed by atoms with van der Waals surface area (Å²) in [7, 11) is 0. The molecule has 0 heterocycles. The Balaban J connectivity index is 1.85. The van der Waals surface area contributed by atoms with E-state index in [1.807, 2.05) is 0 Å². The van der Waals surface area contributed by atoms with E-state index in [0.29, 0.717) is 5.92 Å². The molecular weight excluding hydrogens is 230 g/mol. The van der Waals surface area contributed by atoms with Crippen LogP contribution < -0.4 is 5.32 Å². The van der Waals surface area contributed by atoms with Crippen LogP contribution in [0.5, 0.6) is 0 Å². The van der Waals surface area contributed by atoms with Crippen molar-refractivity contribution in [1.82, 2.24) is 5.32 Å². The zero-order valence-corrected chi connectivity index (χ0v) is 10.2. The van der Waals surface area contributed by atoms with Crippen molar-refractivity contribution in [3.63, 3.8) is 0 Å². The van der Waals surface area contributed by atoms with E-state index >= 15 is 0 Å². The van der Waals surface area contributed by atoms with Gasteiger partial charge in [-0.25, -0.2) is 4.79 Å². The Hall–Kier alpha value is -1.84. The van der Waals surface area contributed by atoms with Crippen LogP contribution >= 0.6 is 0 Å². The van der Waals surface area contributed by atoms with Crippen LogP contribution in [0, 0.1) is 5.92 Å². The van der Waals surface area contributed by atoms with Gasteiger partial charge in [-0.05, 0) is 36.5 Å². The van der Waals surface area contributed by atoms with Crippen LogP contribution in [-0.4, -0.2) is 23.5 Å². The molecule has 0 aromatic heterocycles. The summed E-state index contributed by atoms with van der Waals surface area (Å²) in [5.41, 5.74) is 0.959. The molecule has 0 bridgehead atoms. The number of benzene rings is 1. The van der Waals surface area contributed by atoms with Gasteiger partial charge in [0.25, 0.3) is 0 Å². The quantitative estimate of drug-likeness (QED) is 0.834. The lowest BCUT2D eigenvalue weighted by Crippen LogP contribution is -2.33. The SMILES string of the molecule is O=C(Cc1cccc(C(=O)O)c1)NCC1CCC1. The van der Waals surface area contributed by atoms with Crippen LogP contribution in [0.4, 0.5) is 0 Å². The van der Waals surface area contributed by atoms with Crippen LogP contribution in [-0.2, 0) is 11.2 Å². The third-order valence-corrected chi connectivity index (χ3v) is 3.35. The van der Waals surface area contributed by atoms with Gasteiger partial charge in [-0.3, -0.25) is 4.79 Å². The van der Waals surface area contributed by atoms with Gasteiger partial charge in [-0.15, -0.1) is 0 Å². The second kappa shape index (κ2) is 5.67. The zero-order valence-electron chi connectivity index (χ0n) is 10.2. The molecule has 96 valence electrons. The molecule has 1 fully saturated rings. The van der Waals surface area contributed by atoms with Crippen molar-refractivity contribution in [2.24, 2.45) is 5.92 Å². The summed E-state index contributed by atoms with van der Waals surface area (Å²) in [6.45, 7) is 0.747. The average Bonchev–Trinajstić information content (AvgIpc) is 2.27. The first-order valence-electron chi connectivity index (χ1n) is 6.24. The Kier molecular flexibility index (Phi) is 3.97. The minimum atomic E-state index is -0.966. The Bertz CT molecular complexity index is 452. The van der Waals surface area contributed by atoms with Gasteiger partial charge in [-0.1, -0.05) is 18.6 Å². The molecule has 18 heavy (non-hydrogen) atoms. The number of aromatic carboxylic acids is 1. The Morgan fingerprint density at radius 3 is 2.72 bits per heavy atom. The van der Waals surface area contributed by atoms with E-state index in [2.05, 4.69) is 5.32 Å². The van der Waals surface area contributed by atoms with Gasteiger partial charge in [0.05, 0.1) is 12.0 Å². The highest BCUT2D eigenvalue weighted by Crippen LogP contribution is 2.25. The minimum Gasteiger partial charge on any atom is -0.478 e. The number of hydrogen-bond acceptors (Lipinski definition) is 2. The van der Waals surface area contributed by atoms with Crippen molar-refractivity contribution in [1.29, 1.82) is 0 Å². The normalized spacial score (nSPS) is 14.9. The summed E-state index contributed by atoms with van der Waals surface area (Å²) in [6, 6.07) is 6.51. The predicted molar refractivity (Wildman–Crippen MR) is 67.5 cm³/mol. The van der Waals surface area contributed by atoms with E-state index in [1.54, 1.807) is 18.2 Å². The maximum atomic E-state index is 11.7. The number of carbonyl (C=O) groups is 2. The number of nitrogens with one attached hydrogen (secondary N) is 1. The molecule has 1 aliphatic carbocycles. The highest BCUT2D eigenvalue weighted by molar-refractivity contribution is 5.88. The molecule has 1 amide bonds. The number of carboxylic acids is 1. The number of carboxylic acid groups (broad SMARTS) is 1. The van der Waals surface area contributed by atoms with Gasteiger partial charge in [0.15, 0.2) is 0 Å². The highest BCUT2D eigenvalue weighted by atomic mass is 16.4. The van der Waals surface area contributed by atoms with E-state index < -0.39 is 5.97 Å². The van der Waals surface area contributed by atoms with Crippen LogP contribution in [0.25, 0.3) is 0 Å². The molecule has 1 aliphatic rings. The van der Waals surface area contributed by atoms with Crippen LogP contribution in [0.3, 0.4) is 0 Å². The molecule has 0 unspecified atom stereocenters. The van der Waals surface area contributed by atoms with Gasteiger partial charge < -0.3 is 10.4 Å². The second-order valence-corrected chi connectivity index (χ2v) is 4.78. The van der Waals surface area contributed by atoms with E-state index in [0.717, 1.165) is 12.1 Å².